The minimum atomic E-state index is -1.33. The van der Waals surface area contributed by atoms with E-state index in [9.17, 15) is 19.5 Å². The monoisotopic (exact) mass is 250 g/mol. The summed E-state index contributed by atoms with van der Waals surface area (Å²) in [5, 5.41) is 9.11. The molecule has 1 heterocycles. The van der Waals surface area contributed by atoms with Gasteiger partial charge >= 0.3 is 0 Å². The number of hydrogen-bond donors (Lipinski definition) is 0. The van der Waals surface area contributed by atoms with E-state index in [2.05, 4.69) is 0 Å². The highest BCUT2D eigenvalue weighted by molar-refractivity contribution is 8.15. The second kappa shape index (κ2) is 4.58. The maximum Gasteiger partial charge on any atom is 0.293 e. The van der Waals surface area contributed by atoms with Crippen molar-refractivity contribution in [2.45, 2.75) is 11.7 Å². The lowest BCUT2D eigenvalue weighted by atomic mass is 10.2. The molecule has 1 aromatic rings. The minimum Gasteiger partial charge on any atom is -0.550 e. The van der Waals surface area contributed by atoms with Crippen molar-refractivity contribution in [1.29, 1.82) is 0 Å². The number of imide groups is 1. The van der Waals surface area contributed by atoms with Crippen LogP contribution in [-0.2, 0) is 9.59 Å². The molecule has 1 aliphatic heterocycles. The van der Waals surface area contributed by atoms with Crippen molar-refractivity contribution < 1.29 is 19.5 Å². The highest BCUT2D eigenvalue weighted by Crippen LogP contribution is 2.32. The summed E-state index contributed by atoms with van der Waals surface area (Å²) in [5.41, 5.74) is 0.454. The van der Waals surface area contributed by atoms with Crippen LogP contribution in [0.15, 0.2) is 30.3 Å². The summed E-state index contributed by atoms with van der Waals surface area (Å²) in [7, 11) is 0. The Morgan fingerprint density at radius 1 is 1.29 bits per heavy atom. The average Bonchev–Trinajstić information content (AvgIpc) is 2.54. The van der Waals surface area contributed by atoms with Crippen molar-refractivity contribution in [2.24, 2.45) is 0 Å². The van der Waals surface area contributed by atoms with E-state index in [1.165, 1.54) is 0 Å². The van der Waals surface area contributed by atoms with Gasteiger partial charge in [0, 0.05) is 12.4 Å². The third-order valence-corrected chi connectivity index (χ3v) is 3.32. The molecule has 0 N–H and O–H groups in total. The molecule has 0 aromatic heterocycles. The third-order valence-electron chi connectivity index (χ3n) is 2.29. The lowest BCUT2D eigenvalue weighted by Gasteiger charge is -2.13. The van der Waals surface area contributed by atoms with E-state index < -0.39 is 28.8 Å². The predicted octanol–water partition coefficient (Wildman–Crippen LogP) is 0.395. The van der Waals surface area contributed by atoms with Gasteiger partial charge in [-0.1, -0.05) is 30.0 Å². The highest BCUT2D eigenvalue weighted by atomic mass is 32.2. The van der Waals surface area contributed by atoms with Crippen LogP contribution < -0.4 is 10.0 Å². The second-order valence-corrected chi connectivity index (χ2v) is 4.61. The van der Waals surface area contributed by atoms with Gasteiger partial charge in [-0.2, -0.15) is 0 Å². The van der Waals surface area contributed by atoms with Gasteiger partial charge in [0.05, 0.1) is 10.9 Å². The van der Waals surface area contributed by atoms with Crippen LogP contribution in [0.2, 0.25) is 0 Å². The summed E-state index contributed by atoms with van der Waals surface area (Å²) in [4.78, 5) is 34.9. The van der Waals surface area contributed by atoms with Crippen molar-refractivity contribution in [3.63, 3.8) is 0 Å². The Morgan fingerprint density at radius 2 is 1.94 bits per heavy atom. The first-order valence-corrected chi connectivity index (χ1v) is 5.77. The molecule has 0 saturated carbocycles. The van der Waals surface area contributed by atoms with Crippen LogP contribution in [0, 0.1) is 0 Å². The fourth-order valence-corrected chi connectivity index (χ4v) is 2.52. The number of nitrogens with zero attached hydrogens (tertiary/aromatic N) is 1. The molecule has 5 nitrogen and oxygen atoms in total. The smallest absolute Gasteiger partial charge is 0.293 e. The maximum atomic E-state index is 11.8. The lowest BCUT2D eigenvalue weighted by Crippen LogP contribution is -2.34. The van der Waals surface area contributed by atoms with Gasteiger partial charge in [-0.05, 0) is 12.1 Å². The van der Waals surface area contributed by atoms with Gasteiger partial charge < -0.3 is 9.90 Å². The molecule has 17 heavy (non-hydrogen) atoms. The largest absolute Gasteiger partial charge is 0.550 e. The number of hydrogen-bond acceptors (Lipinski definition) is 5. The third kappa shape index (κ3) is 2.31. The zero-order chi connectivity index (χ0) is 12.4. The van der Waals surface area contributed by atoms with Crippen LogP contribution in [0.4, 0.5) is 10.5 Å². The molecular weight excluding hydrogens is 242 g/mol. The molecule has 0 unspecified atom stereocenters. The molecule has 0 spiro atoms. The Hall–Kier alpha value is -1.82. The molecule has 1 aromatic carbocycles. The van der Waals surface area contributed by atoms with E-state index in [0.29, 0.717) is 5.69 Å². The molecule has 2 amide bonds. The van der Waals surface area contributed by atoms with E-state index >= 15 is 0 Å². The van der Waals surface area contributed by atoms with E-state index in [-0.39, 0.29) is 0 Å². The van der Waals surface area contributed by atoms with Crippen LogP contribution in [0.25, 0.3) is 0 Å². The molecule has 88 valence electrons. The molecule has 1 saturated heterocycles. The number of benzene rings is 1. The number of carbonyl (C=O) groups excluding carboxylic acids is 3. The number of rotatable bonds is 3. The quantitative estimate of drug-likeness (QED) is 0.775. The molecule has 6 heteroatoms. The van der Waals surface area contributed by atoms with Crippen LogP contribution in [0.1, 0.15) is 6.42 Å². The first-order valence-electron chi connectivity index (χ1n) is 4.89. The Balaban J connectivity index is 2.23. The first kappa shape index (κ1) is 11.7. The Labute approximate surface area is 101 Å². The highest BCUT2D eigenvalue weighted by Gasteiger charge is 2.40. The number of carbonyl (C=O) groups is 3. The first-order chi connectivity index (χ1) is 8.09. The number of carboxylic acids is 1. The Bertz CT molecular complexity index is 474. The molecule has 1 aliphatic rings. The maximum absolute atomic E-state index is 11.8. The summed E-state index contributed by atoms with van der Waals surface area (Å²) >= 11 is 0.722. The Kier molecular flexibility index (Phi) is 3.14. The number of amides is 2. The van der Waals surface area contributed by atoms with Gasteiger partial charge in [-0.3, -0.25) is 9.59 Å². The topological polar surface area (TPSA) is 77.5 Å². The fraction of sp³-hybridized carbons (Fsp3) is 0.182. The Morgan fingerprint density at radius 3 is 2.53 bits per heavy atom. The van der Waals surface area contributed by atoms with E-state index in [1.54, 1.807) is 30.3 Å². The molecule has 1 atom stereocenters. The van der Waals surface area contributed by atoms with Gasteiger partial charge in [0.2, 0.25) is 5.91 Å². The second-order valence-electron chi connectivity index (χ2n) is 3.46. The van der Waals surface area contributed by atoms with E-state index in [0.717, 1.165) is 16.7 Å². The summed E-state index contributed by atoms with van der Waals surface area (Å²) in [5.74, 6) is -1.84. The lowest BCUT2D eigenvalue weighted by molar-refractivity contribution is -0.305. The molecule has 1 fully saturated rings. The number of thioether (sulfide) groups is 1. The van der Waals surface area contributed by atoms with E-state index in [4.69, 9.17) is 0 Å². The van der Waals surface area contributed by atoms with Crippen LogP contribution in [0.3, 0.4) is 0 Å². The summed E-state index contributed by atoms with van der Waals surface area (Å²) in [6, 6.07) is 8.41. The summed E-state index contributed by atoms with van der Waals surface area (Å²) < 4.78 is 0. The van der Waals surface area contributed by atoms with Gasteiger partial charge in [-0.15, -0.1) is 0 Å². The van der Waals surface area contributed by atoms with Crippen molar-refractivity contribution in [3.05, 3.63) is 30.3 Å². The number of aliphatic carboxylic acids is 1. The number of anilines is 1. The fourth-order valence-electron chi connectivity index (χ4n) is 1.55. The van der Waals surface area contributed by atoms with Crippen LogP contribution >= 0.6 is 11.8 Å². The van der Waals surface area contributed by atoms with Gasteiger partial charge in [0.25, 0.3) is 5.24 Å². The average molecular weight is 250 g/mol. The molecule has 0 bridgehead atoms. The molecule has 2 rings (SSSR count). The predicted molar refractivity (Wildman–Crippen MR) is 60.3 cm³/mol. The van der Waals surface area contributed by atoms with Crippen molar-refractivity contribution in [2.75, 3.05) is 4.90 Å². The van der Waals surface area contributed by atoms with E-state index in [1.807, 2.05) is 0 Å². The van der Waals surface area contributed by atoms with Crippen molar-refractivity contribution in [1.82, 2.24) is 0 Å². The van der Waals surface area contributed by atoms with Gasteiger partial charge in [-0.25, -0.2) is 4.90 Å². The normalized spacial score (nSPS) is 19.8. The number of carboxylic acid groups (broad SMARTS) is 1. The van der Waals surface area contributed by atoms with Crippen molar-refractivity contribution in [3.8, 4) is 0 Å². The molecule has 0 aliphatic carbocycles. The van der Waals surface area contributed by atoms with Gasteiger partial charge in [0.1, 0.15) is 0 Å². The molecule has 0 radical (unpaired) electrons. The van der Waals surface area contributed by atoms with Gasteiger partial charge in [0.15, 0.2) is 0 Å². The summed E-state index contributed by atoms with van der Waals surface area (Å²) in [6.45, 7) is 0. The number of para-hydroxylation sites is 1. The van der Waals surface area contributed by atoms with Crippen LogP contribution in [0.5, 0.6) is 0 Å². The van der Waals surface area contributed by atoms with Crippen molar-refractivity contribution >= 4 is 34.6 Å². The van der Waals surface area contributed by atoms with Crippen LogP contribution in [-0.4, -0.2) is 22.4 Å². The minimum absolute atomic E-state index is 0.446. The molecular formula is C11H8NO4S-. The standard InChI is InChI=1S/C11H9NO4S/c13-9(14)6-8-10(15)12(11(16)17-8)7-4-2-1-3-5-7/h1-5,8H,6H2,(H,13,14)/p-1/t8-/m0/s1. The SMILES string of the molecule is O=C([O-])C[C@@H]1SC(=O)N(c2ccccc2)C1=O. The zero-order valence-corrected chi connectivity index (χ0v) is 9.48. The summed E-state index contributed by atoms with van der Waals surface area (Å²) in [6.07, 6.45) is -0.446. The zero-order valence-electron chi connectivity index (χ0n) is 8.66.